The molecule has 4 rings (SSSR count). The second kappa shape index (κ2) is 8.62. The minimum Gasteiger partial charge on any atom is -0.497 e. The molecule has 3 atom stereocenters. The van der Waals surface area contributed by atoms with Gasteiger partial charge in [0.15, 0.2) is 0 Å². The van der Waals surface area contributed by atoms with E-state index in [0.717, 1.165) is 29.8 Å². The Bertz CT molecular complexity index is 901. The number of aryl methyl sites for hydroxylation is 1. The molecule has 2 aliphatic heterocycles. The normalized spacial score (nSPS) is 23.8. The van der Waals surface area contributed by atoms with Gasteiger partial charge in [-0.25, -0.2) is 13.5 Å². The van der Waals surface area contributed by atoms with Gasteiger partial charge in [-0.05, 0) is 49.8 Å². The van der Waals surface area contributed by atoms with Crippen LogP contribution >= 0.6 is 0 Å². The average molecular weight is 418 g/mol. The molecule has 30 heavy (non-hydrogen) atoms. The van der Waals surface area contributed by atoms with Gasteiger partial charge in [0.25, 0.3) is 6.43 Å². The number of halogens is 2. The van der Waals surface area contributed by atoms with Crippen LogP contribution in [0.25, 0.3) is 0 Å². The van der Waals surface area contributed by atoms with Crippen LogP contribution in [0.1, 0.15) is 36.6 Å². The Morgan fingerprint density at radius 3 is 2.97 bits per heavy atom. The predicted octanol–water partition coefficient (Wildman–Crippen LogP) is 3.67. The van der Waals surface area contributed by atoms with Gasteiger partial charge < -0.3 is 15.0 Å². The highest BCUT2D eigenvalue weighted by atomic mass is 19.3. The first kappa shape index (κ1) is 20.6. The van der Waals surface area contributed by atoms with E-state index >= 15 is 0 Å². The fourth-order valence-electron chi connectivity index (χ4n) is 4.64. The molecule has 0 spiro atoms. The van der Waals surface area contributed by atoms with Crippen LogP contribution in [0.2, 0.25) is 0 Å². The lowest BCUT2D eigenvalue weighted by molar-refractivity contribution is -0.132. The van der Waals surface area contributed by atoms with Gasteiger partial charge in [-0.2, -0.15) is 5.10 Å². The summed E-state index contributed by atoms with van der Waals surface area (Å²) in [5, 5.41) is 7.65. The Morgan fingerprint density at radius 2 is 2.20 bits per heavy atom. The van der Waals surface area contributed by atoms with Crippen LogP contribution in [-0.4, -0.2) is 53.3 Å². The number of piperidine rings is 1. The van der Waals surface area contributed by atoms with Crippen molar-refractivity contribution in [1.82, 2.24) is 14.7 Å². The molecule has 8 heteroatoms. The number of nitrogens with one attached hydrogen (secondary N) is 1. The van der Waals surface area contributed by atoms with Gasteiger partial charge in [0.1, 0.15) is 17.6 Å². The Kier molecular flexibility index (Phi) is 5.92. The zero-order valence-electron chi connectivity index (χ0n) is 17.4. The molecule has 162 valence electrons. The van der Waals surface area contributed by atoms with E-state index in [9.17, 15) is 13.6 Å². The lowest BCUT2D eigenvalue weighted by Crippen LogP contribution is -2.48. The van der Waals surface area contributed by atoms with Gasteiger partial charge in [-0.15, -0.1) is 0 Å². The molecular formula is C22H28F2N4O2. The van der Waals surface area contributed by atoms with E-state index in [1.165, 1.54) is 4.68 Å². The summed E-state index contributed by atoms with van der Waals surface area (Å²) in [5.41, 5.74) is 1.64. The first-order valence-corrected chi connectivity index (χ1v) is 10.5. The van der Waals surface area contributed by atoms with Crippen molar-refractivity contribution < 1.29 is 18.3 Å². The van der Waals surface area contributed by atoms with Crippen LogP contribution in [0.3, 0.4) is 0 Å². The third-order valence-corrected chi connectivity index (χ3v) is 6.16. The lowest BCUT2D eigenvalue weighted by atomic mass is 9.85. The summed E-state index contributed by atoms with van der Waals surface area (Å²) < 4.78 is 34.0. The van der Waals surface area contributed by atoms with E-state index < -0.39 is 12.5 Å². The molecule has 1 aromatic carbocycles. The smallest absolute Gasteiger partial charge is 0.260 e. The summed E-state index contributed by atoms with van der Waals surface area (Å²) in [5.74, 6) is 1.58. The molecule has 3 heterocycles. The molecule has 0 saturated carbocycles. The van der Waals surface area contributed by atoms with Crippen molar-refractivity contribution >= 4 is 11.7 Å². The quantitative estimate of drug-likeness (QED) is 0.805. The Labute approximate surface area is 175 Å². The maximum Gasteiger partial charge on any atom is 0.260 e. The number of methoxy groups -OCH3 is 1. The lowest BCUT2D eigenvalue weighted by Gasteiger charge is -2.41. The third-order valence-electron chi connectivity index (χ3n) is 6.16. The summed E-state index contributed by atoms with van der Waals surface area (Å²) in [4.78, 5) is 14.8. The Morgan fingerprint density at radius 1 is 1.37 bits per heavy atom. The fraction of sp³-hybridized carbons (Fsp3) is 0.545. The van der Waals surface area contributed by atoms with Gasteiger partial charge in [0, 0.05) is 25.2 Å². The van der Waals surface area contributed by atoms with E-state index in [-0.39, 0.29) is 17.9 Å². The van der Waals surface area contributed by atoms with Crippen LogP contribution in [-0.2, 0) is 11.2 Å². The largest absolute Gasteiger partial charge is 0.497 e. The summed E-state index contributed by atoms with van der Waals surface area (Å²) in [6, 6.07) is 8.31. The SMILES string of the molecule is COc1cccc(CC(=O)N2CCCC([C@@H]3C[C@H](C(F)F)n4nc(C)cc4N3)C2)c1. The number of rotatable bonds is 5. The Hall–Kier alpha value is -2.64. The first-order valence-electron chi connectivity index (χ1n) is 10.5. The zero-order valence-corrected chi connectivity index (χ0v) is 17.4. The number of hydrogen-bond acceptors (Lipinski definition) is 4. The number of aromatic nitrogens is 2. The summed E-state index contributed by atoms with van der Waals surface area (Å²) in [7, 11) is 1.60. The highest BCUT2D eigenvalue weighted by molar-refractivity contribution is 5.79. The molecule has 1 unspecified atom stereocenters. The third kappa shape index (κ3) is 4.27. The number of likely N-dealkylation sites (tertiary alicyclic amines) is 1. The number of fused-ring (bicyclic) bond motifs is 1. The van der Waals surface area contributed by atoms with Gasteiger partial charge in [0.05, 0.1) is 19.2 Å². The van der Waals surface area contributed by atoms with Crippen molar-refractivity contribution in [2.24, 2.45) is 5.92 Å². The first-order chi connectivity index (χ1) is 14.4. The number of carbonyl (C=O) groups excluding carboxylic acids is 1. The maximum absolute atomic E-state index is 13.7. The molecule has 0 aliphatic carbocycles. The van der Waals surface area contributed by atoms with E-state index in [1.807, 2.05) is 42.2 Å². The van der Waals surface area contributed by atoms with Gasteiger partial charge in [0.2, 0.25) is 5.91 Å². The molecule has 6 nitrogen and oxygen atoms in total. The molecule has 1 aromatic heterocycles. The van der Waals surface area contributed by atoms with Crippen molar-refractivity contribution in [3.05, 3.63) is 41.6 Å². The summed E-state index contributed by atoms with van der Waals surface area (Å²) >= 11 is 0. The molecule has 1 amide bonds. The monoisotopic (exact) mass is 418 g/mol. The number of nitrogens with zero attached hydrogens (tertiary/aromatic N) is 3. The molecule has 0 radical (unpaired) electrons. The van der Waals surface area contributed by atoms with Crippen LogP contribution in [0.15, 0.2) is 30.3 Å². The Balaban J connectivity index is 1.44. The maximum atomic E-state index is 13.7. The second-order valence-electron chi connectivity index (χ2n) is 8.27. The van der Waals surface area contributed by atoms with Gasteiger partial charge >= 0.3 is 0 Å². The highest BCUT2D eigenvalue weighted by Crippen LogP contribution is 2.36. The molecule has 0 bridgehead atoms. The van der Waals surface area contributed by atoms with Crippen molar-refractivity contribution in [3.63, 3.8) is 0 Å². The standard InChI is InChI=1S/C22H28F2N4O2/c1-14-9-20-25-18(12-19(22(23)24)28(20)26-14)16-6-4-8-27(13-16)21(29)11-15-5-3-7-17(10-15)30-2/h3,5,7,9-10,16,18-19,22,25H,4,6,8,11-13H2,1-2H3/t16?,18-,19+/m0/s1. The van der Waals surface area contributed by atoms with Crippen LogP contribution in [0, 0.1) is 12.8 Å². The topological polar surface area (TPSA) is 59.4 Å². The van der Waals surface area contributed by atoms with E-state index in [1.54, 1.807) is 7.11 Å². The van der Waals surface area contributed by atoms with E-state index in [2.05, 4.69) is 10.4 Å². The molecule has 1 fully saturated rings. The molecule has 1 N–H and O–H groups in total. The van der Waals surface area contributed by atoms with Crippen molar-refractivity contribution in [2.45, 2.75) is 51.1 Å². The van der Waals surface area contributed by atoms with Crippen molar-refractivity contribution in [3.8, 4) is 5.75 Å². The number of alkyl halides is 2. The van der Waals surface area contributed by atoms with Crippen LogP contribution in [0.4, 0.5) is 14.6 Å². The summed E-state index contributed by atoms with van der Waals surface area (Å²) in [6.07, 6.45) is -0.0437. The number of carbonyl (C=O) groups is 1. The zero-order chi connectivity index (χ0) is 21.3. The van der Waals surface area contributed by atoms with Crippen molar-refractivity contribution in [2.75, 3.05) is 25.5 Å². The summed E-state index contributed by atoms with van der Waals surface area (Å²) in [6.45, 7) is 3.11. The molecule has 2 aromatic rings. The van der Waals surface area contributed by atoms with Gasteiger partial charge in [-0.3, -0.25) is 4.79 Å². The average Bonchev–Trinajstić information content (AvgIpc) is 3.13. The van der Waals surface area contributed by atoms with Gasteiger partial charge in [-0.1, -0.05) is 12.1 Å². The number of hydrogen-bond donors (Lipinski definition) is 1. The number of benzene rings is 1. The minimum atomic E-state index is -2.47. The molecule has 1 saturated heterocycles. The minimum absolute atomic E-state index is 0.0649. The predicted molar refractivity (Wildman–Crippen MR) is 110 cm³/mol. The van der Waals surface area contributed by atoms with E-state index in [0.29, 0.717) is 31.7 Å². The molecule has 2 aliphatic rings. The van der Waals surface area contributed by atoms with Crippen LogP contribution < -0.4 is 10.1 Å². The van der Waals surface area contributed by atoms with E-state index in [4.69, 9.17) is 4.74 Å². The fourth-order valence-corrected chi connectivity index (χ4v) is 4.64. The number of amides is 1. The van der Waals surface area contributed by atoms with Crippen molar-refractivity contribution in [1.29, 1.82) is 0 Å². The number of anilines is 1. The second-order valence-corrected chi connectivity index (χ2v) is 8.27. The van der Waals surface area contributed by atoms with Crippen LogP contribution in [0.5, 0.6) is 5.75 Å². The highest BCUT2D eigenvalue weighted by Gasteiger charge is 2.38. The number of ether oxygens (including phenoxy) is 1. The molecular weight excluding hydrogens is 390 g/mol.